The van der Waals surface area contributed by atoms with Crippen molar-refractivity contribution in [1.29, 1.82) is 0 Å². The molecule has 29 heavy (non-hydrogen) atoms. The molecule has 2 heterocycles. The van der Waals surface area contributed by atoms with E-state index in [1.54, 1.807) is 7.05 Å². The second-order valence-electron chi connectivity index (χ2n) is 7.71. The van der Waals surface area contributed by atoms with E-state index in [4.69, 9.17) is 9.26 Å². The van der Waals surface area contributed by atoms with Gasteiger partial charge < -0.3 is 19.9 Å². The van der Waals surface area contributed by atoms with Gasteiger partial charge in [-0.15, -0.1) is 0 Å². The quantitative estimate of drug-likeness (QED) is 0.797. The lowest BCUT2D eigenvalue weighted by Crippen LogP contribution is -2.42. The summed E-state index contributed by atoms with van der Waals surface area (Å²) >= 11 is 0. The Balaban J connectivity index is 1.53. The van der Waals surface area contributed by atoms with Crippen LogP contribution in [0.25, 0.3) is 11.4 Å². The van der Waals surface area contributed by atoms with E-state index in [0.29, 0.717) is 37.8 Å². The van der Waals surface area contributed by atoms with Crippen molar-refractivity contribution in [3.63, 3.8) is 0 Å². The van der Waals surface area contributed by atoms with Crippen LogP contribution in [0.15, 0.2) is 34.9 Å². The van der Waals surface area contributed by atoms with Gasteiger partial charge in [-0.3, -0.25) is 9.59 Å². The molecule has 2 N–H and O–H groups in total. The van der Waals surface area contributed by atoms with E-state index in [-0.39, 0.29) is 35.6 Å². The Morgan fingerprint density at radius 1 is 1.03 bits per heavy atom. The Morgan fingerprint density at radius 3 is 2.52 bits per heavy atom. The fraction of sp³-hybridized carbons (Fsp3) is 0.524. The van der Waals surface area contributed by atoms with Crippen molar-refractivity contribution in [3.05, 3.63) is 36.2 Å². The van der Waals surface area contributed by atoms with Crippen molar-refractivity contribution in [2.45, 2.75) is 37.6 Å². The lowest BCUT2D eigenvalue weighted by molar-refractivity contribution is -0.129. The van der Waals surface area contributed by atoms with Crippen LogP contribution < -0.4 is 10.6 Å². The number of hydrogen-bond donors (Lipinski definition) is 2. The van der Waals surface area contributed by atoms with Gasteiger partial charge in [0.1, 0.15) is 0 Å². The Labute approximate surface area is 169 Å². The van der Waals surface area contributed by atoms with E-state index < -0.39 is 0 Å². The SMILES string of the molecule is CNC(=O)[C@H]1C[C@H](NC(=O)C2CCOCC2)[C@H](c2nc(-c3ccccc3)no2)C1. The third-order valence-electron chi connectivity index (χ3n) is 5.89. The van der Waals surface area contributed by atoms with Crippen LogP contribution in [0.1, 0.15) is 37.5 Å². The van der Waals surface area contributed by atoms with Gasteiger partial charge in [0, 0.05) is 43.7 Å². The summed E-state index contributed by atoms with van der Waals surface area (Å²) in [6.45, 7) is 1.22. The largest absolute Gasteiger partial charge is 0.381 e. The molecule has 1 saturated carbocycles. The fourth-order valence-corrected chi connectivity index (χ4v) is 4.24. The first kappa shape index (κ1) is 19.6. The third-order valence-corrected chi connectivity index (χ3v) is 5.89. The second-order valence-corrected chi connectivity index (χ2v) is 7.71. The van der Waals surface area contributed by atoms with E-state index >= 15 is 0 Å². The molecular formula is C21H26N4O4. The summed E-state index contributed by atoms with van der Waals surface area (Å²) in [5, 5.41) is 9.97. The average molecular weight is 398 g/mol. The van der Waals surface area contributed by atoms with Gasteiger partial charge >= 0.3 is 0 Å². The Kier molecular flexibility index (Phi) is 5.89. The van der Waals surface area contributed by atoms with Crippen molar-refractivity contribution >= 4 is 11.8 Å². The molecule has 3 atom stereocenters. The van der Waals surface area contributed by atoms with Gasteiger partial charge in [-0.05, 0) is 25.7 Å². The van der Waals surface area contributed by atoms with Gasteiger partial charge in [-0.2, -0.15) is 4.98 Å². The van der Waals surface area contributed by atoms with Crippen molar-refractivity contribution in [2.75, 3.05) is 20.3 Å². The Morgan fingerprint density at radius 2 is 1.79 bits per heavy atom. The van der Waals surface area contributed by atoms with Crippen LogP contribution in [-0.4, -0.2) is 48.3 Å². The molecule has 2 amide bonds. The van der Waals surface area contributed by atoms with Crippen LogP contribution in [0.2, 0.25) is 0 Å². The molecule has 0 radical (unpaired) electrons. The van der Waals surface area contributed by atoms with E-state index in [0.717, 1.165) is 18.4 Å². The number of amides is 2. The molecule has 0 bridgehead atoms. The third kappa shape index (κ3) is 4.32. The second kappa shape index (κ2) is 8.73. The zero-order valence-corrected chi connectivity index (χ0v) is 16.5. The summed E-state index contributed by atoms with van der Waals surface area (Å²) in [6, 6.07) is 9.38. The summed E-state index contributed by atoms with van der Waals surface area (Å²) in [5.74, 6) is 0.532. The minimum Gasteiger partial charge on any atom is -0.381 e. The molecule has 1 aliphatic heterocycles. The molecule has 2 aromatic rings. The maximum atomic E-state index is 12.8. The van der Waals surface area contributed by atoms with Crippen LogP contribution in [0.5, 0.6) is 0 Å². The van der Waals surface area contributed by atoms with Gasteiger partial charge in [0.25, 0.3) is 0 Å². The van der Waals surface area contributed by atoms with Crippen LogP contribution >= 0.6 is 0 Å². The maximum absolute atomic E-state index is 12.8. The number of benzene rings is 1. The number of hydrogen-bond acceptors (Lipinski definition) is 6. The number of rotatable bonds is 5. The standard InChI is InChI=1S/C21H26N4O4/c1-22-19(26)15-11-16(17(12-15)23-20(27)14-7-9-28-10-8-14)21-24-18(25-29-21)13-5-3-2-4-6-13/h2-6,14-17H,7-12H2,1H3,(H,22,26)(H,23,27)/t15-,16-,17+/m1/s1. The average Bonchev–Trinajstić information content (AvgIpc) is 3.42. The first-order chi connectivity index (χ1) is 14.2. The van der Waals surface area contributed by atoms with Gasteiger partial charge in [0.15, 0.2) is 0 Å². The molecule has 0 unspecified atom stereocenters. The molecular weight excluding hydrogens is 372 g/mol. The molecule has 8 nitrogen and oxygen atoms in total. The fourth-order valence-electron chi connectivity index (χ4n) is 4.24. The van der Waals surface area contributed by atoms with Crippen molar-refractivity contribution in [1.82, 2.24) is 20.8 Å². The molecule has 1 aliphatic carbocycles. The number of ether oxygens (including phenoxy) is 1. The van der Waals surface area contributed by atoms with Gasteiger partial charge in [0.2, 0.25) is 23.5 Å². The molecule has 1 saturated heterocycles. The van der Waals surface area contributed by atoms with Gasteiger partial charge in [0.05, 0.1) is 5.92 Å². The van der Waals surface area contributed by atoms with E-state index in [1.165, 1.54) is 0 Å². The highest BCUT2D eigenvalue weighted by Crippen LogP contribution is 2.39. The summed E-state index contributed by atoms with van der Waals surface area (Å²) in [6.07, 6.45) is 2.57. The topological polar surface area (TPSA) is 106 Å². The first-order valence-corrected chi connectivity index (χ1v) is 10.1. The monoisotopic (exact) mass is 398 g/mol. The Hall–Kier alpha value is -2.74. The molecule has 2 fully saturated rings. The van der Waals surface area contributed by atoms with E-state index in [2.05, 4.69) is 20.8 Å². The van der Waals surface area contributed by atoms with E-state index in [9.17, 15) is 9.59 Å². The predicted octanol–water partition coefficient (Wildman–Crippen LogP) is 1.89. The molecule has 1 aromatic carbocycles. The minimum absolute atomic E-state index is 0.0173. The smallest absolute Gasteiger partial charge is 0.232 e. The molecule has 8 heteroatoms. The Bertz CT molecular complexity index is 847. The molecule has 2 aliphatic rings. The van der Waals surface area contributed by atoms with Crippen LogP contribution in [0.4, 0.5) is 0 Å². The highest BCUT2D eigenvalue weighted by atomic mass is 16.5. The zero-order valence-electron chi connectivity index (χ0n) is 16.5. The lowest BCUT2D eigenvalue weighted by atomic mass is 9.97. The number of carbonyl (C=O) groups is 2. The number of aromatic nitrogens is 2. The first-order valence-electron chi connectivity index (χ1n) is 10.1. The number of nitrogens with zero attached hydrogens (tertiary/aromatic N) is 2. The predicted molar refractivity (Wildman–Crippen MR) is 105 cm³/mol. The summed E-state index contributed by atoms with van der Waals surface area (Å²) in [4.78, 5) is 29.6. The number of nitrogens with one attached hydrogen (secondary N) is 2. The van der Waals surface area contributed by atoms with Crippen molar-refractivity contribution < 1.29 is 18.8 Å². The minimum atomic E-state index is -0.211. The molecule has 154 valence electrons. The summed E-state index contributed by atoms with van der Waals surface area (Å²) in [7, 11) is 1.63. The normalized spacial score (nSPS) is 24.9. The maximum Gasteiger partial charge on any atom is 0.232 e. The molecule has 0 spiro atoms. The lowest BCUT2D eigenvalue weighted by Gasteiger charge is -2.25. The van der Waals surface area contributed by atoms with Crippen LogP contribution in [0.3, 0.4) is 0 Å². The highest BCUT2D eigenvalue weighted by Gasteiger charge is 2.42. The van der Waals surface area contributed by atoms with E-state index in [1.807, 2.05) is 30.3 Å². The zero-order chi connectivity index (χ0) is 20.2. The van der Waals surface area contributed by atoms with Crippen LogP contribution in [0, 0.1) is 11.8 Å². The molecule has 4 rings (SSSR count). The van der Waals surface area contributed by atoms with Gasteiger partial charge in [-0.1, -0.05) is 35.5 Å². The summed E-state index contributed by atoms with van der Waals surface area (Å²) < 4.78 is 10.9. The molecule has 1 aromatic heterocycles. The summed E-state index contributed by atoms with van der Waals surface area (Å²) in [5.41, 5.74) is 0.867. The van der Waals surface area contributed by atoms with Crippen molar-refractivity contribution in [2.24, 2.45) is 11.8 Å². The highest BCUT2D eigenvalue weighted by molar-refractivity contribution is 5.81. The van der Waals surface area contributed by atoms with Crippen molar-refractivity contribution in [3.8, 4) is 11.4 Å². The van der Waals surface area contributed by atoms with Gasteiger partial charge in [-0.25, -0.2) is 0 Å². The number of carbonyl (C=O) groups excluding carboxylic acids is 2. The van der Waals surface area contributed by atoms with Crippen LogP contribution in [-0.2, 0) is 14.3 Å².